The number of thioether (sulfide) groups is 1. The van der Waals surface area contributed by atoms with Crippen molar-refractivity contribution >= 4 is 45.9 Å². The van der Waals surface area contributed by atoms with Crippen molar-refractivity contribution in [3.63, 3.8) is 0 Å². The number of nitrogens with one attached hydrogen (secondary N) is 3. The van der Waals surface area contributed by atoms with E-state index >= 15 is 0 Å². The molecule has 1 aromatic heterocycles. The smallest absolute Gasteiger partial charge is 0.341 e. The number of aromatic nitrogens is 2. The maximum atomic E-state index is 12.9. The summed E-state index contributed by atoms with van der Waals surface area (Å²) in [7, 11) is 1.37. The molecule has 7 nitrogen and oxygen atoms in total. The van der Waals surface area contributed by atoms with E-state index < -0.39 is 23.7 Å². The van der Waals surface area contributed by atoms with Crippen LogP contribution in [0.4, 0.5) is 28.8 Å². The molecule has 0 aliphatic rings. The van der Waals surface area contributed by atoms with Crippen molar-refractivity contribution in [3.05, 3.63) is 29.8 Å². The number of carbonyl (C=O) groups is 2. The van der Waals surface area contributed by atoms with Crippen LogP contribution >= 0.6 is 23.1 Å². The first-order valence-corrected chi connectivity index (χ1v) is 8.51. The van der Waals surface area contributed by atoms with Gasteiger partial charge in [0.1, 0.15) is 0 Å². The lowest BCUT2D eigenvalue weighted by atomic mass is 10.2. The minimum absolute atomic E-state index is 0.0822. The highest BCUT2D eigenvalue weighted by Crippen LogP contribution is 2.36. The SMILES string of the molecule is CNC(=O)NC(=O)CSc1nnc(Nc2ccccc2C(F)(F)F)s1. The Morgan fingerprint density at radius 1 is 1.24 bits per heavy atom. The van der Waals surface area contributed by atoms with Gasteiger partial charge in [-0.3, -0.25) is 10.1 Å². The summed E-state index contributed by atoms with van der Waals surface area (Å²) < 4.78 is 39.2. The summed E-state index contributed by atoms with van der Waals surface area (Å²) in [5, 5.41) is 14.6. The molecule has 0 aliphatic heterocycles. The lowest BCUT2D eigenvalue weighted by Crippen LogP contribution is -2.38. The number of rotatable bonds is 5. The topological polar surface area (TPSA) is 96.0 Å². The number of urea groups is 1. The molecular formula is C13H12F3N5O2S2. The van der Waals surface area contributed by atoms with Gasteiger partial charge in [0.25, 0.3) is 0 Å². The first kappa shape index (κ1) is 19.0. The summed E-state index contributed by atoms with van der Waals surface area (Å²) in [6.45, 7) is 0. The second-order valence-electron chi connectivity index (χ2n) is 4.46. The Labute approximate surface area is 148 Å². The highest BCUT2D eigenvalue weighted by atomic mass is 32.2. The van der Waals surface area contributed by atoms with Crippen molar-refractivity contribution < 1.29 is 22.8 Å². The van der Waals surface area contributed by atoms with Crippen molar-refractivity contribution in [1.29, 1.82) is 0 Å². The van der Waals surface area contributed by atoms with Gasteiger partial charge in [-0.05, 0) is 12.1 Å². The Bertz CT molecular complexity index is 766. The molecule has 0 radical (unpaired) electrons. The van der Waals surface area contributed by atoms with Gasteiger partial charge in [-0.2, -0.15) is 13.2 Å². The van der Waals surface area contributed by atoms with Crippen LogP contribution in [0.15, 0.2) is 28.6 Å². The molecule has 0 saturated carbocycles. The first-order chi connectivity index (χ1) is 11.8. The predicted octanol–water partition coefficient (Wildman–Crippen LogP) is 2.85. The third-order valence-electron chi connectivity index (χ3n) is 2.69. The molecule has 0 spiro atoms. The number of para-hydroxylation sites is 1. The highest BCUT2D eigenvalue weighted by molar-refractivity contribution is 8.01. The number of halogens is 3. The zero-order chi connectivity index (χ0) is 18.4. The van der Waals surface area contributed by atoms with E-state index in [2.05, 4.69) is 26.1 Å². The van der Waals surface area contributed by atoms with Gasteiger partial charge in [-0.15, -0.1) is 10.2 Å². The lowest BCUT2D eigenvalue weighted by Gasteiger charge is -2.12. The van der Waals surface area contributed by atoms with Crippen LogP contribution in [0.2, 0.25) is 0 Å². The molecule has 1 aromatic carbocycles. The third-order valence-corrected chi connectivity index (χ3v) is 4.66. The van der Waals surface area contributed by atoms with Crippen LogP contribution in [-0.2, 0) is 11.0 Å². The molecule has 25 heavy (non-hydrogen) atoms. The fourth-order valence-electron chi connectivity index (χ4n) is 1.63. The van der Waals surface area contributed by atoms with Crippen molar-refractivity contribution in [2.75, 3.05) is 18.1 Å². The Kier molecular flexibility index (Phi) is 6.20. The first-order valence-electron chi connectivity index (χ1n) is 6.70. The Balaban J connectivity index is 1.99. The molecule has 12 heteroatoms. The van der Waals surface area contributed by atoms with Crippen molar-refractivity contribution in [2.24, 2.45) is 0 Å². The molecule has 134 valence electrons. The number of anilines is 2. The van der Waals surface area contributed by atoms with Gasteiger partial charge < -0.3 is 10.6 Å². The number of hydrogen-bond donors (Lipinski definition) is 3. The molecule has 0 unspecified atom stereocenters. The monoisotopic (exact) mass is 391 g/mol. The number of hydrogen-bond acceptors (Lipinski definition) is 7. The molecule has 1 heterocycles. The van der Waals surface area contributed by atoms with Crippen LogP contribution in [-0.4, -0.2) is 34.9 Å². The molecule has 0 atom stereocenters. The zero-order valence-electron chi connectivity index (χ0n) is 12.7. The fraction of sp³-hybridized carbons (Fsp3) is 0.231. The molecule has 2 rings (SSSR count). The largest absolute Gasteiger partial charge is 0.418 e. The summed E-state index contributed by atoms with van der Waals surface area (Å²) in [6, 6.07) is 4.38. The van der Waals surface area contributed by atoms with Crippen LogP contribution in [0.5, 0.6) is 0 Å². The van der Waals surface area contributed by atoms with Crippen LogP contribution < -0.4 is 16.0 Å². The Hall–Kier alpha value is -2.34. The highest BCUT2D eigenvalue weighted by Gasteiger charge is 2.33. The van der Waals surface area contributed by atoms with E-state index in [-0.39, 0.29) is 16.6 Å². The maximum absolute atomic E-state index is 12.9. The normalized spacial score (nSPS) is 11.0. The van der Waals surface area contributed by atoms with Crippen LogP contribution in [0.1, 0.15) is 5.56 Å². The van der Waals surface area contributed by atoms with Crippen LogP contribution in [0.25, 0.3) is 0 Å². The number of amides is 3. The van der Waals surface area contributed by atoms with E-state index in [1.165, 1.54) is 25.2 Å². The quantitative estimate of drug-likeness (QED) is 0.679. The fourth-order valence-corrected chi connectivity index (χ4v) is 3.19. The number of benzene rings is 1. The number of imide groups is 1. The minimum Gasteiger partial charge on any atom is -0.341 e. The molecule has 2 aromatic rings. The van der Waals surface area contributed by atoms with E-state index in [1.807, 2.05) is 0 Å². The molecule has 0 bridgehead atoms. The van der Waals surface area contributed by atoms with Gasteiger partial charge in [0, 0.05) is 7.05 Å². The molecule has 0 saturated heterocycles. The van der Waals surface area contributed by atoms with Crippen molar-refractivity contribution in [3.8, 4) is 0 Å². The van der Waals surface area contributed by atoms with E-state index in [9.17, 15) is 22.8 Å². The number of carbonyl (C=O) groups excluding carboxylic acids is 2. The average Bonchev–Trinajstić information content (AvgIpc) is 3.00. The van der Waals surface area contributed by atoms with E-state index in [0.29, 0.717) is 4.34 Å². The third kappa shape index (κ3) is 5.60. The van der Waals surface area contributed by atoms with Crippen LogP contribution in [0.3, 0.4) is 0 Å². The van der Waals surface area contributed by atoms with E-state index in [0.717, 1.165) is 29.2 Å². The summed E-state index contributed by atoms with van der Waals surface area (Å²) in [5.74, 6) is -0.613. The van der Waals surface area contributed by atoms with Gasteiger partial charge in [0.2, 0.25) is 11.0 Å². The minimum atomic E-state index is -4.50. The van der Waals surface area contributed by atoms with Gasteiger partial charge in [0.05, 0.1) is 17.0 Å². The summed E-state index contributed by atoms with van der Waals surface area (Å²) in [4.78, 5) is 22.4. The predicted molar refractivity (Wildman–Crippen MR) is 88.0 cm³/mol. The van der Waals surface area contributed by atoms with Crippen molar-refractivity contribution in [1.82, 2.24) is 20.8 Å². The van der Waals surface area contributed by atoms with Gasteiger partial charge in [-0.25, -0.2) is 4.79 Å². The van der Waals surface area contributed by atoms with Gasteiger partial charge in [0.15, 0.2) is 4.34 Å². The number of nitrogens with zero attached hydrogens (tertiary/aromatic N) is 2. The Morgan fingerprint density at radius 3 is 2.64 bits per heavy atom. The van der Waals surface area contributed by atoms with E-state index in [1.54, 1.807) is 0 Å². The maximum Gasteiger partial charge on any atom is 0.418 e. The van der Waals surface area contributed by atoms with Crippen LogP contribution in [0, 0.1) is 0 Å². The molecule has 3 N–H and O–H groups in total. The average molecular weight is 391 g/mol. The standard InChI is InChI=1S/C13H12F3N5O2S2/c1-17-10(23)19-9(22)6-24-12-21-20-11(25-12)18-8-5-3-2-4-7(8)13(14,15)16/h2-5H,6H2,1H3,(H,18,20)(H2,17,19,22,23). The zero-order valence-corrected chi connectivity index (χ0v) is 14.3. The summed E-state index contributed by atoms with van der Waals surface area (Å²) in [5.41, 5.74) is -0.954. The Morgan fingerprint density at radius 2 is 1.96 bits per heavy atom. The second-order valence-corrected chi connectivity index (χ2v) is 6.66. The van der Waals surface area contributed by atoms with Gasteiger partial charge >= 0.3 is 12.2 Å². The van der Waals surface area contributed by atoms with E-state index in [4.69, 9.17) is 0 Å². The lowest BCUT2D eigenvalue weighted by molar-refractivity contribution is -0.137. The summed E-state index contributed by atoms with van der Waals surface area (Å²) >= 11 is 2.01. The van der Waals surface area contributed by atoms with Crippen molar-refractivity contribution in [2.45, 2.75) is 10.5 Å². The second kappa shape index (κ2) is 8.16. The number of alkyl halides is 3. The molecule has 3 amide bonds. The molecule has 0 aliphatic carbocycles. The summed E-state index contributed by atoms with van der Waals surface area (Å²) in [6.07, 6.45) is -4.50. The molecule has 0 fully saturated rings. The van der Waals surface area contributed by atoms with Gasteiger partial charge in [-0.1, -0.05) is 35.2 Å². The molecular weight excluding hydrogens is 379 g/mol.